The van der Waals surface area contributed by atoms with Gasteiger partial charge in [-0.25, -0.2) is 0 Å². The molecule has 0 aliphatic rings. The minimum Gasteiger partial charge on any atom is -0.322 e. The number of anilines is 1. The zero-order chi connectivity index (χ0) is 15.6. The summed E-state index contributed by atoms with van der Waals surface area (Å²) in [6.45, 7) is 3.45. The van der Waals surface area contributed by atoms with Crippen molar-refractivity contribution >= 4 is 49.2 Å². The van der Waals surface area contributed by atoms with Crippen LogP contribution in [0.5, 0.6) is 0 Å². The van der Waals surface area contributed by atoms with Crippen molar-refractivity contribution in [2.75, 3.05) is 5.32 Å². The van der Waals surface area contributed by atoms with Crippen molar-refractivity contribution in [3.8, 4) is 0 Å². The topological polar surface area (TPSA) is 46.2 Å². The van der Waals surface area contributed by atoms with E-state index in [4.69, 9.17) is 0 Å². The number of rotatable bonds is 3. The van der Waals surface area contributed by atoms with Gasteiger partial charge >= 0.3 is 0 Å². The molecular formula is C16H13Br2NO2. The number of amides is 1. The Balaban J connectivity index is 2.26. The highest BCUT2D eigenvalue weighted by atomic mass is 79.9. The first-order valence-electron chi connectivity index (χ1n) is 6.26. The number of hydrogen-bond acceptors (Lipinski definition) is 2. The van der Waals surface area contributed by atoms with Crippen LogP contribution in [0.2, 0.25) is 0 Å². The largest absolute Gasteiger partial charge is 0.322 e. The standard InChI is InChI=1S/C16H13Br2NO2/c1-9-14(17)7-12(8-15(9)18)16(21)19-13-5-3-4-11(6-13)10(2)20/h3-8H,1-2H3,(H,19,21). The van der Waals surface area contributed by atoms with E-state index in [2.05, 4.69) is 37.2 Å². The minimum atomic E-state index is -0.225. The summed E-state index contributed by atoms with van der Waals surface area (Å²) in [4.78, 5) is 23.6. The molecule has 2 rings (SSSR count). The molecule has 0 atom stereocenters. The van der Waals surface area contributed by atoms with E-state index in [-0.39, 0.29) is 11.7 Å². The van der Waals surface area contributed by atoms with Crippen molar-refractivity contribution < 1.29 is 9.59 Å². The minimum absolute atomic E-state index is 0.0353. The second kappa shape index (κ2) is 6.54. The van der Waals surface area contributed by atoms with Crippen LogP contribution < -0.4 is 5.32 Å². The molecule has 0 aliphatic heterocycles. The molecule has 0 fully saturated rings. The van der Waals surface area contributed by atoms with Gasteiger partial charge in [0, 0.05) is 25.8 Å². The first-order valence-corrected chi connectivity index (χ1v) is 7.85. The maximum Gasteiger partial charge on any atom is 0.255 e. The molecule has 0 aromatic heterocycles. The first-order chi connectivity index (χ1) is 9.88. The van der Waals surface area contributed by atoms with E-state index in [9.17, 15) is 9.59 Å². The first kappa shape index (κ1) is 15.9. The average molecular weight is 411 g/mol. The van der Waals surface area contributed by atoms with Crippen LogP contribution in [0.25, 0.3) is 0 Å². The van der Waals surface area contributed by atoms with Gasteiger partial charge in [-0.05, 0) is 43.7 Å². The fourth-order valence-corrected chi connectivity index (χ4v) is 2.98. The van der Waals surface area contributed by atoms with Gasteiger partial charge in [0.05, 0.1) is 0 Å². The predicted molar refractivity (Wildman–Crippen MR) is 91.0 cm³/mol. The van der Waals surface area contributed by atoms with Crippen LogP contribution in [-0.4, -0.2) is 11.7 Å². The monoisotopic (exact) mass is 409 g/mol. The van der Waals surface area contributed by atoms with E-state index in [1.807, 2.05) is 6.92 Å². The molecule has 3 nitrogen and oxygen atoms in total. The smallest absolute Gasteiger partial charge is 0.255 e. The molecule has 0 unspecified atom stereocenters. The van der Waals surface area contributed by atoms with Crippen molar-refractivity contribution in [1.29, 1.82) is 0 Å². The normalized spacial score (nSPS) is 10.3. The number of carbonyl (C=O) groups excluding carboxylic acids is 2. The second-order valence-corrected chi connectivity index (χ2v) is 6.36. The molecule has 0 saturated carbocycles. The predicted octanol–water partition coefficient (Wildman–Crippen LogP) is 4.97. The van der Waals surface area contributed by atoms with E-state index in [0.717, 1.165) is 14.5 Å². The lowest BCUT2D eigenvalue weighted by Gasteiger charge is -2.09. The number of halogens is 2. The van der Waals surface area contributed by atoms with Crippen LogP contribution in [0.4, 0.5) is 5.69 Å². The summed E-state index contributed by atoms with van der Waals surface area (Å²) < 4.78 is 1.72. The Morgan fingerprint density at radius 1 is 1.00 bits per heavy atom. The molecular weight excluding hydrogens is 398 g/mol. The summed E-state index contributed by atoms with van der Waals surface area (Å²) in [7, 11) is 0. The summed E-state index contributed by atoms with van der Waals surface area (Å²) in [5.41, 5.74) is 2.73. The van der Waals surface area contributed by atoms with Crippen LogP contribution >= 0.6 is 31.9 Å². The number of hydrogen-bond donors (Lipinski definition) is 1. The Bertz CT molecular complexity index is 703. The van der Waals surface area contributed by atoms with E-state index >= 15 is 0 Å². The second-order valence-electron chi connectivity index (χ2n) is 4.66. The Kier molecular flexibility index (Phi) is 4.96. The molecule has 2 aromatic carbocycles. The summed E-state index contributed by atoms with van der Waals surface area (Å²) in [5.74, 6) is -0.260. The summed E-state index contributed by atoms with van der Waals surface area (Å²) >= 11 is 6.85. The van der Waals surface area contributed by atoms with Crippen LogP contribution in [0.15, 0.2) is 45.3 Å². The van der Waals surface area contributed by atoms with Gasteiger partial charge in [0.1, 0.15) is 0 Å². The van der Waals surface area contributed by atoms with Gasteiger partial charge in [-0.1, -0.05) is 44.0 Å². The summed E-state index contributed by atoms with van der Waals surface area (Å²) in [6.07, 6.45) is 0. The maximum absolute atomic E-state index is 12.3. The number of ketones is 1. The molecule has 5 heteroatoms. The van der Waals surface area contributed by atoms with Crippen LogP contribution in [0.1, 0.15) is 33.2 Å². The van der Waals surface area contributed by atoms with Gasteiger partial charge < -0.3 is 5.32 Å². The quantitative estimate of drug-likeness (QED) is 0.725. The van der Waals surface area contributed by atoms with Crippen LogP contribution in [-0.2, 0) is 0 Å². The third-order valence-corrected chi connectivity index (χ3v) is 4.72. The van der Waals surface area contributed by atoms with Crippen molar-refractivity contribution in [2.24, 2.45) is 0 Å². The lowest BCUT2D eigenvalue weighted by Crippen LogP contribution is -2.12. The number of nitrogens with one attached hydrogen (secondary N) is 1. The molecule has 0 radical (unpaired) electrons. The highest BCUT2D eigenvalue weighted by Crippen LogP contribution is 2.26. The molecule has 2 aromatic rings. The third kappa shape index (κ3) is 3.80. The molecule has 0 saturated heterocycles. The van der Waals surface area contributed by atoms with E-state index in [0.29, 0.717) is 16.8 Å². The Labute approximate surface area is 140 Å². The lowest BCUT2D eigenvalue weighted by molar-refractivity contribution is 0.101. The fraction of sp³-hybridized carbons (Fsp3) is 0.125. The van der Waals surface area contributed by atoms with Gasteiger partial charge in [-0.15, -0.1) is 0 Å². The van der Waals surface area contributed by atoms with Gasteiger partial charge in [0.25, 0.3) is 5.91 Å². The molecule has 0 aliphatic carbocycles. The molecule has 21 heavy (non-hydrogen) atoms. The molecule has 0 bridgehead atoms. The third-order valence-electron chi connectivity index (χ3n) is 3.07. The van der Waals surface area contributed by atoms with Crippen molar-refractivity contribution in [2.45, 2.75) is 13.8 Å². The zero-order valence-corrected chi connectivity index (χ0v) is 14.7. The highest BCUT2D eigenvalue weighted by molar-refractivity contribution is 9.11. The fourth-order valence-electron chi connectivity index (χ4n) is 1.80. The van der Waals surface area contributed by atoms with Crippen molar-refractivity contribution in [3.05, 3.63) is 62.0 Å². The molecule has 108 valence electrons. The van der Waals surface area contributed by atoms with Gasteiger partial charge in [-0.3, -0.25) is 9.59 Å². The SMILES string of the molecule is CC(=O)c1cccc(NC(=O)c2cc(Br)c(C)c(Br)c2)c1. The van der Waals surface area contributed by atoms with Gasteiger partial charge in [-0.2, -0.15) is 0 Å². The number of benzene rings is 2. The Morgan fingerprint density at radius 2 is 1.62 bits per heavy atom. The molecule has 1 amide bonds. The Morgan fingerprint density at radius 3 is 2.19 bits per heavy atom. The highest BCUT2D eigenvalue weighted by Gasteiger charge is 2.11. The summed E-state index contributed by atoms with van der Waals surface area (Å²) in [5, 5.41) is 2.79. The summed E-state index contributed by atoms with van der Waals surface area (Å²) in [6, 6.07) is 10.4. The zero-order valence-electron chi connectivity index (χ0n) is 11.5. The Hall–Kier alpha value is -1.46. The van der Waals surface area contributed by atoms with E-state index < -0.39 is 0 Å². The molecule has 0 spiro atoms. The van der Waals surface area contributed by atoms with Crippen LogP contribution in [0, 0.1) is 6.92 Å². The van der Waals surface area contributed by atoms with E-state index in [1.54, 1.807) is 36.4 Å². The lowest BCUT2D eigenvalue weighted by atomic mass is 10.1. The average Bonchev–Trinajstić information content (AvgIpc) is 2.44. The number of carbonyl (C=O) groups is 2. The van der Waals surface area contributed by atoms with Crippen molar-refractivity contribution in [1.82, 2.24) is 0 Å². The van der Waals surface area contributed by atoms with Gasteiger partial charge in [0.15, 0.2) is 5.78 Å². The number of Topliss-reactive ketones (excluding diaryl/α,β-unsaturated/α-hetero) is 1. The van der Waals surface area contributed by atoms with Gasteiger partial charge in [0.2, 0.25) is 0 Å². The maximum atomic E-state index is 12.3. The van der Waals surface area contributed by atoms with Crippen molar-refractivity contribution in [3.63, 3.8) is 0 Å². The van der Waals surface area contributed by atoms with E-state index in [1.165, 1.54) is 6.92 Å². The molecule has 1 N–H and O–H groups in total. The molecule has 0 heterocycles. The van der Waals surface area contributed by atoms with Crippen LogP contribution in [0.3, 0.4) is 0 Å².